The topological polar surface area (TPSA) is 63.7 Å². The van der Waals surface area contributed by atoms with Gasteiger partial charge in [0.15, 0.2) is 16.4 Å². The van der Waals surface area contributed by atoms with Gasteiger partial charge < -0.3 is 9.64 Å². The van der Waals surface area contributed by atoms with Gasteiger partial charge in [-0.3, -0.25) is 4.79 Å². The molecule has 1 atom stereocenters. The molecular weight excluding hydrogens is 290 g/mol. The monoisotopic (exact) mass is 311 g/mol. The molecule has 1 aliphatic heterocycles. The average molecular weight is 311 g/mol. The number of para-hydroxylation sites is 1. The Balaban J connectivity index is 1.96. The molecule has 1 unspecified atom stereocenters. The summed E-state index contributed by atoms with van der Waals surface area (Å²) in [6, 6.07) is 5.57. The summed E-state index contributed by atoms with van der Waals surface area (Å²) in [6.45, 7) is 3.79. The number of carbonyl (C=O) groups is 1. The van der Waals surface area contributed by atoms with E-state index < -0.39 is 9.84 Å². The number of amides is 1. The first-order valence-corrected chi connectivity index (χ1v) is 8.77. The van der Waals surface area contributed by atoms with Crippen LogP contribution < -0.4 is 4.74 Å². The molecule has 1 aliphatic rings. The molecule has 1 fully saturated rings. The molecule has 0 spiro atoms. The van der Waals surface area contributed by atoms with Crippen LogP contribution in [0.25, 0.3) is 0 Å². The number of carbonyl (C=O) groups excluding carboxylic acids is 1. The third kappa shape index (κ3) is 3.75. The van der Waals surface area contributed by atoms with Crippen molar-refractivity contribution in [1.29, 1.82) is 0 Å². The zero-order valence-electron chi connectivity index (χ0n) is 12.6. The molecule has 6 heteroatoms. The normalized spacial score (nSPS) is 20.2. The lowest BCUT2D eigenvalue weighted by Gasteiger charge is -2.23. The van der Waals surface area contributed by atoms with E-state index >= 15 is 0 Å². The zero-order valence-corrected chi connectivity index (χ0v) is 13.4. The minimum atomic E-state index is -2.99. The van der Waals surface area contributed by atoms with Crippen molar-refractivity contribution in [2.45, 2.75) is 26.3 Å². The molecule has 0 bridgehead atoms. The number of sulfone groups is 1. The molecule has 1 saturated heterocycles. The lowest BCUT2D eigenvalue weighted by molar-refractivity contribution is -0.133. The standard InChI is InChI=1S/C15H21NO4S/c1-11-5-4-6-12(2)15(11)20-9-14(17)16(3)13-7-8-21(18,19)10-13/h4-6,13H,7-10H2,1-3H3. The van der Waals surface area contributed by atoms with Crippen LogP contribution >= 0.6 is 0 Å². The van der Waals surface area contributed by atoms with Crippen molar-refractivity contribution in [3.8, 4) is 5.75 Å². The highest BCUT2D eigenvalue weighted by atomic mass is 32.2. The highest BCUT2D eigenvalue weighted by molar-refractivity contribution is 7.91. The fourth-order valence-corrected chi connectivity index (χ4v) is 4.32. The van der Waals surface area contributed by atoms with Gasteiger partial charge in [0, 0.05) is 13.1 Å². The molecule has 0 saturated carbocycles. The Morgan fingerprint density at radius 3 is 2.48 bits per heavy atom. The Kier molecular flexibility index (Phi) is 4.56. The van der Waals surface area contributed by atoms with Crippen molar-refractivity contribution in [2.75, 3.05) is 25.2 Å². The second kappa shape index (κ2) is 6.05. The predicted molar refractivity (Wildman–Crippen MR) is 81.2 cm³/mol. The third-order valence-electron chi connectivity index (χ3n) is 3.90. The van der Waals surface area contributed by atoms with E-state index in [-0.39, 0.29) is 30.1 Å². The summed E-state index contributed by atoms with van der Waals surface area (Å²) >= 11 is 0. The van der Waals surface area contributed by atoms with Gasteiger partial charge in [0.05, 0.1) is 11.5 Å². The Morgan fingerprint density at radius 1 is 1.33 bits per heavy atom. The smallest absolute Gasteiger partial charge is 0.260 e. The summed E-state index contributed by atoms with van der Waals surface area (Å²) in [5.41, 5.74) is 1.96. The molecule has 0 aliphatic carbocycles. The molecule has 5 nitrogen and oxygen atoms in total. The molecular formula is C15H21NO4S. The van der Waals surface area contributed by atoms with Crippen molar-refractivity contribution in [3.63, 3.8) is 0 Å². The van der Waals surface area contributed by atoms with Crippen molar-refractivity contribution < 1.29 is 17.9 Å². The maximum atomic E-state index is 12.1. The van der Waals surface area contributed by atoms with Crippen LogP contribution in [0.1, 0.15) is 17.5 Å². The number of hydrogen-bond acceptors (Lipinski definition) is 4. The second-order valence-corrected chi connectivity index (χ2v) is 7.80. The first kappa shape index (κ1) is 15.8. The quantitative estimate of drug-likeness (QED) is 0.841. The van der Waals surface area contributed by atoms with E-state index in [0.717, 1.165) is 16.9 Å². The molecule has 2 rings (SSSR count). The number of hydrogen-bond donors (Lipinski definition) is 0. The van der Waals surface area contributed by atoms with E-state index in [2.05, 4.69) is 0 Å². The summed E-state index contributed by atoms with van der Waals surface area (Å²) in [5.74, 6) is 0.740. The molecule has 1 heterocycles. The van der Waals surface area contributed by atoms with Crippen LogP contribution in [0.4, 0.5) is 0 Å². The van der Waals surface area contributed by atoms with Gasteiger partial charge in [-0.25, -0.2) is 8.42 Å². The van der Waals surface area contributed by atoms with Crippen molar-refractivity contribution in [1.82, 2.24) is 4.90 Å². The summed E-state index contributed by atoms with van der Waals surface area (Å²) in [5, 5.41) is 0. The third-order valence-corrected chi connectivity index (χ3v) is 5.65. The highest BCUT2D eigenvalue weighted by Gasteiger charge is 2.32. The van der Waals surface area contributed by atoms with Crippen LogP contribution in [0, 0.1) is 13.8 Å². The van der Waals surface area contributed by atoms with Crippen LogP contribution in [0.2, 0.25) is 0 Å². The van der Waals surface area contributed by atoms with Crippen molar-refractivity contribution >= 4 is 15.7 Å². The Labute approximate surface area is 125 Å². The predicted octanol–water partition coefficient (Wildman–Crippen LogP) is 1.33. The number of likely N-dealkylation sites (N-methyl/N-ethyl adjacent to an activating group) is 1. The lowest BCUT2D eigenvalue weighted by atomic mass is 10.1. The zero-order chi connectivity index (χ0) is 15.6. The van der Waals surface area contributed by atoms with E-state index in [1.54, 1.807) is 7.05 Å². The lowest BCUT2D eigenvalue weighted by Crippen LogP contribution is -2.40. The van der Waals surface area contributed by atoms with Gasteiger partial charge >= 0.3 is 0 Å². The van der Waals surface area contributed by atoms with Crippen molar-refractivity contribution in [3.05, 3.63) is 29.3 Å². The fourth-order valence-electron chi connectivity index (χ4n) is 2.55. The summed E-state index contributed by atoms with van der Waals surface area (Å²) in [4.78, 5) is 13.6. The average Bonchev–Trinajstić information content (AvgIpc) is 2.77. The second-order valence-electron chi connectivity index (χ2n) is 5.57. The van der Waals surface area contributed by atoms with E-state index in [4.69, 9.17) is 4.74 Å². The first-order valence-electron chi connectivity index (χ1n) is 6.95. The van der Waals surface area contributed by atoms with Gasteiger partial charge in [0.2, 0.25) is 0 Å². The van der Waals surface area contributed by atoms with Gasteiger partial charge in [0.1, 0.15) is 5.75 Å². The van der Waals surface area contributed by atoms with Gasteiger partial charge in [-0.15, -0.1) is 0 Å². The van der Waals surface area contributed by atoms with Gasteiger partial charge in [-0.05, 0) is 31.4 Å². The summed E-state index contributed by atoms with van der Waals surface area (Å²) in [7, 11) is -1.35. The number of aryl methyl sites for hydroxylation is 2. The highest BCUT2D eigenvalue weighted by Crippen LogP contribution is 2.22. The van der Waals surface area contributed by atoms with E-state index in [1.807, 2.05) is 32.0 Å². The molecule has 1 aromatic carbocycles. The van der Waals surface area contributed by atoms with Crippen LogP contribution in [0.3, 0.4) is 0 Å². The first-order chi connectivity index (χ1) is 9.80. The maximum absolute atomic E-state index is 12.1. The van der Waals surface area contributed by atoms with Crippen LogP contribution in [0.15, 0.2) is 18.2 Å². The molecule has 1 aromatic rings. The van der Waals surface area contributed by atoms with Crippen LogP contribution in [-0.4, -0.2) is 50.4 Å². The molecule has 1 amide bonds. The Morgan fingerprint density at radius 2 is 1.95 bits per heavy atom. The molecule has 0 radical (unpaired) electrons. The minimum Gasteiger partial charge on any atom is -0.483 e. The Hall–Kier alpha value is -1.56. The fraction of sp³-hybridized carbons (Fsp3) is 0.533. The maximum Gasteiger partial charge on any atom is 0.260 e. The van der Waals surface area contributed by atoms with Crippen LogP contribution in [-0.2, 0) is 14.6 Å². The number of rotatable bonds is 4. The molecule has 0 aromatic heterocycles. The molecule has 116 valence electrons. The largest absolute Gasteiger partial charge is 0.483 e. The van der Waals surface area contributed by atoms with Gasteiger partial charge in [-0.2, -0.15) is 0 Å². The van der Waals surface area contributed by atoms with Crippen molar-refractivity contribution in [2.24, 2.45) is 0 Å². The van der Waals surface area contributed by atoms with Gasteiger partial charge in [0.25, 0.3) is 5.91 Å². The van der Waals surface area contributed by atoms with Gasteiger partial charge in [-0.1, -0.05) is 18.2 Å². The number of benzene rings is 1. The number of nitrogens with zero attached hydrogens (tertiary/aromatic N) is 1. The molecule has 21 heavy (non-hydrogen) atoms. The van der Waals surface area contributed by atoms with E-state index in [9.17, 15) is 13.2 Å². The SMILES string of the molecule is Cc1cccc(C)c1OCC(=O)N(C)C1CCS(=O)(=O)C1. The van der Waals surface area contributed by atoms with E-state index in [0.29, 0.717) is 6.42 Å². The summed E-state index contributed by atoms with van der Waals surface area (Å²) < 4.78 is 28.6. The van der Waals surface area contributed by atoms with Crippen LogP contribution in [0.5, 0.6) is 5.75 Å². The summed E-state index contributed by atoms with van der Waals surface area (Å²) in [6.07, 6.45) is 0.508. The molecule has 0 N–H and O–H groups in total. The number of ether oxygens (including phenoxy) is 1. The Bertz CT molecular complexity index is 619. The van der Waals surface area contributed by atoms with E-state index in [1.165, 1.54) is 4.90 Å². The minimum absolute atomic E-state index is 0.0542.